The van der Waals surface area contributed by atoms with E-state index in [2.05, 4.69) is 20.7 Å². The first-order chi connectivity index (χ1) is 13.9. The monoisotopic (exact) mass is 393 g/mol. The van der Waals surface area contributed by atoms with Crippen LogP contribution < -0.4 is 14.8 Å². The Bertz CT molecular complexity index is 1030. The molecule has 4 rings (SSSR count). The van der Waals surface area contributed by atoms with Gasteiger partial charge in [-0.1, -0.05) is 30.3 Å². The number of fused-ring (bicyclic) bond motifs is 1. The molecule has 1 N–H and O–H groups in total. The molecule has 1 aliphatic rings. The van der Waals surface area contributed by atoms with Gasteiger partial charge >= 0.3 is 0 Å². The van der Waals surface area contributed by atoms with E-state index in [0.717, 1.165) is 16.9 Å². The molecule has 1 aromatic heterocycles. The highest BCUT2D eigenvalue weighted by Gasteiger charge is 2.34. The molecule has 0 spiro atoms. The largest absolute Gasteiger partial charge is 0.497 e. The first-order valence-corrected chi connectivity index (χ1v) is 9.43. The molecule has 0 saturated heterocycles. The summed E-state index contributed by atoms with van der Waals surface area (Å²) in [6.45, 7) is 4.01. The van der Waals surface area contributed by atoms with Gasteiger partial charge in [-0.25, -0.2) is 0 Å². The van der Waals surface area contributed by atoms with Gasteiger partial charge in [0, 0.05) is 17.5 Å². The average Bonchev–Trinajstić information content (AvgIpc) is 3.15. The zero-order valence-electron chi connectivity index (χ0n) is 16.6. The van der Waals surface area contributed by atoms with E-state index in [-0.39, 0.29) is 24.1 Å². The number of para-hydroxylation sites is 1. The first kappa shape index (κ1) is 18.9. The van der Waals surface area contributed by atoms with E-state index in [0.29, 0.717) is 18.0 Å². The Kier molecular flexibility index (Phi) is 4.92. The molecule has 0 fully saturated rings. The number of methoxy groups -OCH3 is 1. The third kappa shape index (κ3) is 4.21. The Morgan fingerprint density at radius 3 is 2.93 bits per heavy atom. The number of carbonyl (C=O) groups excluding carboxylic acids is 1. The standard InChI is InChI=1S/C21H23N5O3/c1-21(2)12-17(16-9-4-5-10-18(16)29-21)22-19(27)13-26-24-20(23-25-26)14-7-6-8-15(11-14)28-3/h4-11,17H,12-13H2,1-3H3,(H,22,27)/t17-/m0/s1. The summed E-state index contributed by atoms with van der Waals surface area (Å²) in [6, 6.07) is 15.0. The highest BCUT2D eigenvalue weighted by atomic mass is 16.5. The van der Waals surface area contributed by atoms with Crippen LogP contribution in [0.2, 0.25) is 0 Å². The van der Waals surface area contributed by atoms with Crippen molar-refractivity contribution in [1.29, 1.82) is 0 Å². The number of hydrogen-bond donors (Lipinski definition) is 1. The highest BCUT2D eigenvalue weighted by Crippen LogP contribution is 2.39. The Hall–Kier alpha value is -3.42. The second-order valence-electron chi connectivity index (χ2n) is 7.60. The number of nitrogens with zero attached hydrogens (tertiary/aromatic N) is 4. The molecular weight excluding hydrogens is 370 g/mol. The molecule has 0 bridgehead atoms. The van der Waals surface area contributed by atoms with Gasteiger partial charge in [-0.2, -0.15) is 4.80 Å². The number of nitrogens with one attached hydrogen (secondary N) is 1. The van der Waals surface area contributed by atoms with E-state index in [9.17, 15) is 4.79 Å². The molecule has 1 amide bonds. The van der Waals surface area contributed by atoms with E-state index < -0.39 is 0 Å². The molecule has 0 saturated carbocycles. The number of ether oxygens (including phenoxy) is 2. The van der Waals surface area contributed by atoms with Crippen molar-refractivity contribution in [3.8, 4) is 22.9 Å². The Morgan fingerprint density at radius 1 is 1.28 bits per heavy atom. The van der Waals surface area contributed by atoms with Crippen LogP contribution in [0.25, 0.3) is 11.4 Å². The summed E-state index contributed by atoms with van der Waals surface area (Å²) in [5.41, 5.74) is 1.39. The first-order valence-electron chi connectivity index (χ1n) is 9.43. The van der Waals surface area contributed by atoms with Crippen molar-refractivity contribution in [2.24, 2.45) is 0 Å². The minimum atomic E-state index is -0.364. The molecule has 29 heavy (non-hydrogen) atoms. The number of hydrogen-bond acceptors (Lipinski definition) is 6. The molecule has 150 valence electrons. The van der Waals surface area contributed by atoms with Crippen molar-refractivity contribution < 1.29 is 14.3 Å². The number of carbonyl (C=O) groups is 1. The van der Waals surface area contributed by atoms with Crippen molar-refractivity contribution in [2.75, 3.05) is 7.11 Å². The van der Waals surface area contributed by atoms with Crippen LogP contribution in [0.3, 0.4) is 0 Å². The van der Waals surface area contributed by atoms with E-state index in [4.69, 9.17) is 9.47 Å². The Balaban J connectivity index is 1.46. The molecule has 2 aromatic carbocycles. The second kappa shape index (κ2) is 7.54. The number of amides is 1. The van der Waals surface area contributed by atoms with Crippen molar-refractivity contribution in [2.45, 2.75) is 38.5 Å². The lowest BCUT2D eigenvalue weighted by Crippen LogP contribution is -2.42. The van der Waals surface area contributed by atoms with Crippen LogP contribution in [-0.4, -0.2) is 38.8 Å². The average molecular weight is 393 g/mol. The van der Waals surface area contributed by atoms with Crippen molar-refractivity contribution in [3.63, 3.8) is 0 Å². The van der Waals surface area contributed by atoms with E-state index in [1.807, 2.05) is 62.4 Å². The van der Waals surface area contributed by atoms with Crippen LogP contribution in [0.15, 0.2) is 48.5 Å². The van der Waals surface area contributed by atoms with Gasteiger partial charge < -0.3 is 14.8 Å². The van der Waals surface area contributed by atoms with Gasteiger partial charge in [0.05, 0.1) is 13.2 Å². The molecule has 8 heteroatoms. The number of rotatable bonds is 5. The Labute approximate surface area is 168 Å². The van der Waals surface area contributed by atoms with Crippen LogP contribution in [0, 0.1) is 0 Å². The number of aromatic nitrogens is 4. The molecule has 1 atom stereocenters. The summed E-state index contributed by atoms with van der Waals surface area (Å²) in [7, 11) is 1.60. The zero-order chi connectivity index (χ0) is 20.4. The Morgan fingerprint density at radius 2 is 2.10 bits per heavy atom. The fourth-order valence-electron chi connectivity index (χ4n) is 3.49. The van der Waals surface area contributed by atoms with E-state index in [1.54, 1.807) is 7.11 Å². The van der Waals surface area contributed by atoms with Crippen LogP contribution in [0.4, 0.5) is 0 Å². The fourth-order valence-corrected chi connectivity index (χ4v) is 3.49. The molecule has 0 aliphatic carbocycles. The zero-order valence-corrected chi connectivity index (χ0v) is 16.6. The number of benzene rings is 2. The number of tetrazole rings is 1. The normalized spacial score (nSPS) is 17.1. The quantitative estimate of drug-likeness (QED) is 0.717. The SMILES string of the molecule is COc1cccc(-c2nnn(CC(=O)N[C@H]3CC(C)(C)Oc4ccccc43)n2)c1. The molecule has 2 heterocycles. The lowest BCUT2D eigenvalue weighted by atomic mass is 9.89. The van der Waals surface area contributed by atoms with E-state index in [1.165, 1.54) is 4.80 Å². The maximum atomic E-state index is 12.6. The van der Waals surface area contributed by atoms with Gasteiger partial charge in [0.2, 0.25) is 11.7 Å². The maximum Gasteiger partial charge on any atom is 0.244 e. The molecule has 1 aliphatic heterocycles. The van der Waals surface area contributed by atoms with Gasteiger partial charge in [-0.15, -0.1) is 10.2 Å². The molecule has 0 radical (unpaired) electrons. The highest BCUT2D eigenvalue weighted by molar-refractivity contribution is 5.76. The lowest BCUT2D eigenvalue weighted by molar-refractivity contribution is -0.123. The van der Waals surface area contributed by atoms with Gasteiger partial charge in [0.1, 0.15) is 23.6 Å². The van der Waals surface area contributed by atoms with Crippen molar-refractivity contribution in [3.05, 3.63) is 54.1 Å². The van der Waals surface area contributed by atoms with Crippen LogP contribution in [0.1, 0.15) is 31.9 Å². The third-order valence-electron chi connectivity index (χ3n) is 4.78. The minimum Gasteiger partial charge on any atom is -0.497 e. The summed E-state index contributed by atoms with van der Waals surface area (Å²) >= 11 is 0. The van der Waals surface area contributed by atoms with E-state index >= 15 is 0 Å². The van der Waals surface area contributed by atoms with Crippen molar-refractivity contribution >= 4 is 5.91 Å². The van der Waals surface area contributed by atoms with Crippen LogP contribution >= 0.6 is 0 Å². The minimum absolute atomic E-state index is 0.0169. The summed E-state index contributed by atoms with van der Waals surface area (Å²) in [4.78, 5) is 13.9. The maximum absolute atomic E-state index is 12.6. The van der Waals surface area contributed by atoms with Crippen molar-refractivity contribution in [1.82, 2.24) is 25.5 Å². The molecule has 3 aromatic rings. The van der Waals surface area contributed by atoms with Gasteiger partial charge in [0.15, 0.2) is 0 Å². The molecule has 8 nitrogen and oxygen atoms in total. The summed E-state index contributed by atoms with van der Waals surface area (Å²) in [5, 5.41) is 15.4. The predicted molar refractivity (Wildman–Crippen MR) is 106 cm³/mol. The summed E-state index contributed by atoms with van der Waals surface area (Å²) in [5.74, 6) is 1.76. The van der Waals surface area contributed by atoms with Gasteiger partial charge in [-0.3, -0.25) is 4.79 Å². The smallest absolute Gasteiger partial charge is 0.244 e. The van der Waals surface area contributed by atoms with Gasteiger partial charge in [-0.05, 0) is 37.3 Å². The second-order valence-corrected chi connectivity index (χ2v) is 7.60. The third-order valence-corrected chi connectivity index (χ3v) is 4.78. The van der Waals surface area contributed by atoms with Gasteiger partial charge in [0.25, 0.3) is 0 Å². The van der Waals surface area contributed by atoms with Crippen LogP contribution in [-0.2, 0) is 11.3 Å². The topological polar surface area (TPSA) is 91.2 Å². The van der Waals surface area contributed by atoms with Crippen LogP contribution in [0.5, 0.6) is 11.5 Å². The lowest BCUT2D eigenvalue weighted by Gasteiger charge is -2.37. The molecular formula is C21H23N5O3. The fraction of sp³-hybridized carbons (Fsp3) is 0.333. The predicted octanol–water partition coefficient (Wildman–Crippen LogP) is 2.77. The molecule has 0 unspecified atom stereocenters. The summed E-state index contributed by atoms with van der Waals surface area (Å²) < 4.78 is 11.2. The summed E-state index contributed by atoms with van der Waals surface area (Å²) in [6.07, 6.45) is 0.676.